The van der Waals surface area contributed by atoms with Crippen molar-refractivity contribution in [3.8, 4) is 0 Å². The first kappa shape index (κ1) is 8.16. The standard InChI is InChI=1S/C2H6ClNO3S/c1-2-4-7-8(3,5)6/h4H,2H2,1H3. The Morgan fingerprint density at radius 3 is 2.38 bits per heavy atom. The molecule has 50 valence electrons. The van der Waals surface area contributed by atoms with Crippen LogP contribution in [0.3, 0.4) is 0 Å². The molecular weight excluding hydrogens is 154 g/mol. The Morgan fingerprint density at radius 1 is 1.75 bits per heavy atom. The van der Waals surface area contributed by atoms with Crippen molar-refractivity contribution >= 4 is 20.0 Å². The smallest absolute Gasteiger partial charge is 0.184 e. The second-order valence-corrected chi connectivity index (χ2v) is 3.06. The summed E-state index contributed by atoms with van der Waals surface area (Å²) in [7, 11) is 0.774. The summed E-state index contributed by atoms with van der Waals surface area (Å²) < 4.78 is 23.6. The summed E-state index contributed by atoms with van der Waals surface area (Å²) in [6.07, 6.45) is 0. The summed E-state index contributed by atoms with van der Waals surface area (Å²) in [5, 5.41) is 0. The van der Waals surface area contributed by atoms with E-state index in [1.165, 1.54) is 0 Å². The van der Waals surface area contributed by atoms with Crippen molar-refractivity contribution in [3.05, 3.63) is 0 Å². The molecule has 0 saturated carbocycles. The van der Waals surface area contributed by atoms with E-state index in [1.54, 1.807) is 6.92 Å². The largest absolute Gasteiger partial charge is 0.371 e. The van der Waals surface area contributed by atoms with Crippen LogP contribution in [0.15, 0.2) is 0 Å². The van der Waals surface area contributed by atoms with Gasteiger partial charge in [0.2, 0.25) is 0 Å². The van der Waals surface area contributed by atoms with Gasteiger partial charge in [0.15, 0.2) is 0 Å². The number of hydrogen-bond acceptors (Lipinski definition) is 4. The number of rotatable bonds is 3. The summed E-state index contributed by atoms with van der Waals surface area (Å²) in [6, 6.07) is 0. The minimum atomic E-state index is -3.83. The molecule has 0 saturated heterocycles. The molecule has 0 aromatic heterocycles. The summed E-state index contributed by atoms with van der Waals surface area (Å²) in [5.74, 6) is 0. The number of hydroxylamine groups is 1. The highest BCUT2D eigenvalue weighted by molar-refractivity contribution is 8.09. The molecule has 4 nitrogen and oxygen atoms in total. The highest BCUT2D eigenvalue weighted by Gasteiger charge is 2.01. The molecule has 0 aliphatic heterocycles. The summed E-state index contributed by atoms with van der Waals surface area (Å²) in [4.78, 5) is 0. The Balaban J connectivity index is 3.42. The fourth-order valence-electron chi connectivity index (χ4n) is 0.129. The van der Waals surface area contributed by atoms with Crippen LogP contribution >= 0.6 is 10.7 Å². The first-order valence-electron chi connectivity index (χ1n) is 1.92. The van der Waals surface area contributed by atoms with Crippen LogP contribution in [0, 0.1) is 0 Å². The van der Waals surface area contributed by atoms with E-state index in [4.69, 9.17) is 0 Å². The molecular formula is C2H6ClNO3S. The lowest BCUT2D eigenvalue weighted by molar-refractivity contribution is 0.217. The van der Waals surface area contributed by atoms with Crippen LogP contribution in [-0.4, -0.2) is 15.0 Å². The van der Waals surface area contributed by atoms with Crippen molar-refractivity contribution in [3.63, 3.8) is 0 Å². The lowest BCUT2D eigenvalue weighted by atomic mass is 10.8. The van der Waals surface area contributed by atoms with E-state index in [0.717, 1.165) is 0 Å². The lowest BCUT2D eigenvalue weighted by Crippen LogP contribution is -2.15. The molecule has 8 heavy (non-hydrogen) atoms. The second-order valence-electron chi connectivity index (χ2n) is 0.974. The van der Waals surface area contributed by atoms with E-state index in [9.17, 15) is 8.42 Å². The molecule has 0 radical (unpaired) electrons. The van der Waals surface area contributed by atoms with Crippen molar-refractivity contribution in [1.82, 2.24) is 5.48 Å². The SMILES string of the molecule is CCNOS(=O)(=O)Cl. The molecule has 1 N–H and O–H groups in total. The van der Waals surface area contributed by atoms with Gasteiger partial charge in [0, 0.05) is 6.54 Å². The maximum atomic E-state index is 9.87. The van der Waals surface area contributed by atoms with Crippen molar-refractivity contribution in [2.75, 3.05) is 6.54 Å². The van der Waals surface area contributed by atoms with Gasteiger partial charge in [0.25, 0.3) is 0 Å². The third-order valence-electron chi connectivity index (χ3n) is 0.303. The van der Waals surface area contributed by atoms with Gasteiger partial charge in [-0.2, -0.15) is 18.2 Å². The molecule has 0 unspecified atom stereocenters. The topological polar surface area (TPSA) is 55.4 Å². The number of hydrogen-bond donors (Lipinski definition) is 1. The van der Waals surface area contributed by atoms with Crippen molar-refractivity contribution in [1.29, 1.82) is 0 Å². The van der Waals surface area contributed by atoms with Gasteiger partial charge >= 0.3 is 9.33 Å². The van der Waals surface area contributed by atoms with Crippen LogP contribution in [0.1, 0.15) is 6.92 Å². The van der Waals surface area contributed by atoms with Gasteiger partial charge in [-0.05, 0) is 0 Å². The first-order valence-corrected chi connectivity index (χ1v) is 4.15. The second kappa shape index (κ2) is 3.24. The number of nitrogens with one attached hydrogen (secondary N) is 1. The summed E-state index contributed by atoms with van der Waals surface area (Å²) in [6.45, 7) is 2.08. The van der Waals surface area contributed by atoms with Gasteiger partial charge in [-0.3, -0.25) is 0 Å². The normalized spacial score (nSPS) is 11.8. The molecule has 0 amide bonds. The molecule has 0 spiro atoms. The zero-order valence-corrected chi connectivity index (χ0v) is 5.79. The van der Waals surface area contributed by atoms with E-state index in [0.29, 0.717) is 6.54 Å². The average Bonchev–Trinajstić information content (AvgIpc) is 1.59. The molecule has 0 aromatic rings. The summed E-state index contributed by atoms with van der Waals surface area (Å²) in [5.41, 5.74) is 2.07. The molecule has 0 aliphatic carbocycles. The van der Waals surface area contributed by atoms with Crippen molar-refractivity contribution < 1.29 is 12.7 Å². The Hall–Kier alpha value is 0.160. The monoisotopic (exact) mass is 159 g/mol. The van der Waals surface area contributed by atoms with Crippen LogP contribution in [-0.2, 0) is 13.6 Å². The van der Waals surface area contributed by atoms with Crippen molar-refractivity contribution in [2.45, 2.75) is 6.92 Å². The van der Waals surface area contributed by atoms with Gasteiger partial charge in [-0.25, -0.2) is 0 Å². The molecule has 6 heteroatoms. The van der Waals surface area contributed by atoms with E-state index >= 15 is 0 Å². The third kappa shape index (κ3) is 6.16. The van der Waals surface area contributed by atoms with Gasteiger partial charge < -0.3 is 0 Å². The molecule has 0 atom stereocenters. The van der Waals surface area contributed by atoms with Gasteiger partial charge in [0.1, 0.15) is 0 Å². The van der Waals surface area contributed by atoms with Gasteiger partial charge in [-0.1, -0.05) is 6.92 Å². The van der Waals surface area contributed by atoms with Gasteiger partial charge in [-0.15, -0.1) is 0 Å². The van der Waals surface area contributed by atoms with E-state index in [2.05, 4.69) is 20.4 Å². The highest BCUT2D eigenvalue weighted by Crippen LogP contribution is 1.93. The molecule has 0 fully saturated rings. The highest BCUT2D eigenvalue weighted by atomic mass is 35.7. The van der Waals surface area contributed by atoms with Crippen LogP contribution in [0.4, 0.5) is 0 Å². The molecule has 0 aromatic carbocycles. The zero-order valence-electron chi connectivity index (χ0n) is 4.22. The van der Waals surface area contributed by atoms with Crippen LogP contribution in [0.2, 0.25) is 0 Å². The Kier molecular flexibility index (Phi) is 3.30. The number of halogens is 1. The quantitative estimate of drug-likeness (QED) is 0.466. The first-order chi connectivity index (χ1) is 3.56. The van der Waals surface area contributed by atoms with Crippen LogP contribution in [0.25, 0.3) is 0 Å². The van der Waals surface area contributed by atoms with Crippen LogP contribution < -0.4 is 5.48 Å². The molecule has 0 rings (SSSR count). The fraction of sp³-hybridized carbons (Fsp3) is 1.00. The van der Waals surface area contributed by atoms with E-state index in [-0.39, 0.29) is 0 Å². The summed E-state index contributed by atoms with van der Waals surface area (Å²) >= 11 is 0. The zero-order chi connectivity index (χ0) is 6.62. The van der Waals surface area contributed by atoms with Gasteiger partial charge in [0.05, 0.1) is 10.7 Å². The predicted molar refractivity (Wildman–Crippen MR) is 29.5 cm³/mol. The Labute approximate surface area is 52.4 Å². The average molecular weight is 160 g/mol. The lowest BCUT2D eigenvalue weighted by Gasteiger charge is -1.93. The molecule has 0 bridgehead atoms. The minimum Gasteiger partial charge on any atom is -0.184 e. The maximum absolute atomic E-state index is 9.87. The van der Waals surface area contributed by atoms with Crippen LogP contribution in [0.5, 0.6) is 0 Å². The maximum Gasteiger partial charge on any atom is 0.371 e. The third-order valence-corrected chi connectivity index (χ3v) is 0.809. The van der Waals surface area contributed by atoms with Crippen molar-refractivity contribution in [2.24, 2.45) is 0 Å². The fourth-order valence-corrected chi connectivity index (χ4v) is 0.522. The molecule has 0 aliphatic rings. The predicted octanol–water partition coefficient (Wildman–Crippen LogP) is 0.0111. The minimum absolute atomic E-state index is 0.395. The molecule has 0 heterocycles. The van der Waals surface area contributed by atoms with E-state index < -0.39 is 9.33 Å². The Morgan fingerprint density at radius 2 is 2.25 bits per heavy atom. The Bertz CT molecular complexity index is 141. The van der Waals surface area contributed by atoms with E-state index in [1.807, 2.05) is 0 Å².